The van der Waals surface area contributed by atoms with Crippen LogP contribution < -0.4 is 0 Å². The zero-order valence-corrected chi connectivity index (χ0v) is 12.3. The Kier molecular flexibility index (Phi) is 2.98. The lowest BCUT2D eigenvalue weighted by Crippen LogP contribution is -1.98. The van der Waals surface area contributed by atoms with Gasteiger partial charge in [0, 0.05) is 22.8 Å². The molecular weight excluding hydrogens is 286 g/mol. The molecule has 1 heterocycles. The first-order valence-corrected chi connectivity index (χ1v) is 7.15. The second kappa shape index (κ2) is 4.51. The maximum atomic E-state index is 4.62. The van der Waals surface area contributed by atoms with Gasteiger partial charge in [0.1, 0.15) is 0 Å². The molecule has 1 aromatic carbocycles. The summed E-state index contributed by atoms with van der Waals surface area (Å²) in [7, 11) is 0. The average Bonchev–Trinajstić information content (AvgIpc) is 2.49. The minimum absolute atomic E-state index is 0.950. The molecule has 1 nitrogen and oxygen atoms in total. The van der Waals surface area contributed by atoms with Crippen LogP contribution in [0.15, 0.2) is 28.9 Å². The van der Waals surface area contributed by atoms with Crippen LogP contribution in [0.1, 0.15) is 33.5 Å². The standard InChI is InChI=1S/C16H16BrN/c1-10-5-12-3-4-13-6-11(2)9-18-16(13)8-14(12)15(17)7-10/h5-7,9H,3-4,8H2,1-2H3. The topological polar surface area (TPSA) is 12.9 Å². The van der Waals surface area contributed by atoms with Gasteiger partial charge in [0.25, 0.3) is 0 Å². The molecule has 1 aliphatic carbocycles. The molecule has 92 valence electrons. The summed E-state index contributed by atoms with van der Waals surface area (Å²) < 4.78 is 1.23. The number of hydrogen-bond acceptors (Lipinski definition) is 1. The molecule has 0 N–H and O–H groups in total. The number of hydrogen-bond donors (Lipinski definition) is 0. The zero-order chi connectivity index (χ0) is 12.7. The van der Waals surface area contributed by atoms with Crippen LogP contribution in [-0.4, -0.2) is 4.98 Å². The quantitative estimate of drug-likeness (QED) is 0.712. The number of fused-ring (bicyclic) bond motifs is 2. The van der Waals surface area contributed by atoms with Crippen LogP contribution in [0.4, 0.5) is 0 Å². The average molecular weight is 302 g/mol. The highest BCUT2D eigenvalue weighted by atomic mass is 79.9. The normalized spacial score (nSPS) is 13.7. The maximum absolute atomic E-state index is 4.62. The SMILES string of the molecule is Cc1cnc2c(c1)CCc1cc(C)cc(Br)c1C2. The predicted molar refractivity (Wildman–Crippen MR) is 78.1 cm³/mol. The van der Waals surface area contributed by atoms with Gasteiger partial charge in [-0.15, -0.1) is 0 Å². The molecule has 0 bridgehead atoms. The van der Waals surface area contributed by atoms with Gasteiger partial charge in [-0.05, 0) is 60.6 Å². The number of benzene rings is 1. The van der Waals surface area contributed by atoms with E-state index in [1.54, 1.807) is 0 Å². The summed E-state index contributed by atoms with van der Waals surface area (Å²) in [5.41, 5.74) is 8.12. The van der Waals surface area contributed by atoms with Crippen molar-refractivity contribution in [2.24, 2.45) is 0 Å². The molecule has 2 aromatic rings. The fourth-order valence-electron chi connectivity index (χ4n) is 2.74. The first-order valence-electron chi connectivity index (χ1n) is 6.36. The van der Waals surface area contributed by atoms with E-state index in [-0.39, 0.29) is 0 Å². The third-order valence-corrected chi connectivity index (χ3v) is 4.34. The van der Waals surface area contributed by atoms with E-state index in [4.69, 9.17) is 0 Å². The van der Waals surface area contributed by atoms with Gasteiger partial charge in [-0.3, -0.25) is 4.98 Å². The molecule has 0 radical (unpaired) electrons. The molecule has 0 atom stereocenters. The minimum atomic E-state index is 0.950. The third kappa shape index (κ3) is 2.10. The third-order valence-electron chi connectivity index (χ3n) is 3.64. The summed E-state index contributed by atoms with van der Waals surface area (Å²) in [6.45, 7) is 4.27. The van der Waals surface area contributed by atoms with E-state index < -0.39 is 0 Å². The van der Waals surface area contributed by atoms with Crippen molar-refractivity contribution in [1.82, 2.24) is 4.98 Å². The van der Waals surface area contributed by atoms with Crippen molar-refractivity contribution in [3.63, 3.8) is 0 Å². The lowest BCUT2D eigenvalue weighted by Gasteiger charge is -2.09. The molecule has 0 amide bonds. The van der Waals surface area contributed by atoms with E-state index in [0.29, 0.717) is 0 Å². The Balaban J connectivity index is 2.12. The van der Waals surface area contributed by atoms with E-state index >= 15 is 0 Å². The number of aromatic nitrogens is 1. The van der Waals surface area contributed by atoms with E-state index in [1.807, 2.05) is 6.20 Å². The molecule has 0 saturated carbocycles. The van der Waals surface area contributed by atoms with Crippen molar-refractivity contribution < 1.29 is 0 Å². The summed E-state index contributed by atoms with van der Waals surface area (Å²) in [6.07, 6.45) is 5.15. The number of rotatable bonds is 0. The van der Waals surface area contributed by atoms with Crippen molar-refractivity contribution in [3.05, 3.63) is 62.4 Å². The highest BCUT2D eigenvalue weighted by Gasteiger charge is 2.16. The summed E-state index contributed by atoms with van der Waals surface area (Å²) >= 11 is 3.71. The Labute approximate surface area is 116 Å². The summed E-state index contributed by atoms with van der Waals surface area (Å²) in [6, 6.07) is 6.81. The largest absolute Gasteiger partial charge is 0.260 e. The van der Waals surface area contributed by atoms with Crippen molar-refractivity contribution in [3.8, 4) is 0 Å². The summed E-state index contributed by atoms with van der Waals surface area (Å²) in [5.74, 6) is 0. The van der Waals surface area contributed by atoms with E-state index in [2.05, 4.69) is 53.0 Å². The van der Waals surface area contributed by atoms with Gasteiger partial charge in [-0.25, -0.2) is 0 Å². The van der Waals surface area contributed by atoms with Gasteiger partial charge in [0.15, 0.2) is 0 Å². The molecule has 0 unspecified atom stereocenters. The molecule has 0 saturated heterocycles. The maximum Gasteiger partial charge on any atom is 0.0480 e. The highest BCUT2D eigenvalue weighted by molar-refractivity contribution is 9.10. The smallest absolute Gasteiger partial charge is 0.0480 e. The van der Waals surface area contributed by atoms with E-state index in [9.17, 15) is 0 Å². The molecule has 2 heteroatoms. The van der Waals surface area contributed by atoms with Gasteiger partial charge >= 0.3 is 0 Å². The molecule has 3 rings (SSSR count). The molecule has 1 aliphatic rings. The van der Waals surface area contributed by atoms with Gasteiger partial charge in [-0.1, -0.05) is 28.1 Å². The Morgan fingerprint density at radius 2 is 1.72 bits per heavy atom. The molecule has 0 aliphatic heterocycles. The minimum Gasteiger partial charge on any atom is -0.260 e. The van der Waals surface area contributed by atoms with Gasteiger partial charge < -0.3 is 0 Å². The van der Waals surface area contributed by atoms with Crippen LogP contribution in [0.5, 0.6) is 0 Å². The van der Waals surface area contributed by atoms with Crippen LogP contribution in [0, 0.1) is 13.8 Å². The van der Waals surface area contributed by atoms with Gasteiger partial charge in [0.05, 0.1) is 0 Å². The molecule has 18 heavy (non-hydrogen) atoms. The molecule has 0 fully saturated rings. The Hall–Kier alpha value is -1.15. The van der Waals surface area contributed by atoms with Gasteiger partial charge in [0.2, 0.25) is 0 Å². The fourth-order valence-corrected chi connectivity index (χ4v) is 3.49. The van der Waals surface area contributed by atoms with Gasteiger partial charge in [-0.2, -0.15) is 0 Å². The fraction of sp³-hybridized carbons (Fsp3) is 0.312. The van der Waals surface area contributed by atoms with Crippen molar-refractivity contribution >= 4 is 15.9 Å². The van der Waals surface area contributed by atoms with E-state index in [1.165, 1.54) is 38.0 Å². The molecular formula is C16H16BrN. The predicted octanol–water partition coefficient (Wildman–Crippen LogP) is 4.15. The van der Waals surface area contributed by atoms with Crippen LogP contribution in [0.25, 0.3) is 0 Å². The number of nitrogens with zero attached hydrogens (tertiary/aromatic N) is 1. The Morgan fingerprint density at radius 3 is 2.56 bits per heavy atom. The highest BCUT2D eigenvalue weighted by Crippen LogP contribution is 2.30. The second-order valence-electron chi connectivity index (χ2n) is 5.18. The molecule has 0 spiro atoms. The number of pyridine rings is 1. The summed E-state index contributed by atoms with van der Waals surface area (Å²) in [5, 5.41) is 0. The Morgan fingerprint density at radius 1 is 1.00 bits per heavy atom. The van der Waals surface area contributed by atoms with Crippen LogP contribution in [-0.2, 0) is 19.3 Å². The number of aryl methyl sites for hydroxylation is 4. The monoisotopic (exact) mass is 301 g/mol. The number of halogens is 1. The van der Waals surface area contributed by atoms with E-state index in [0.717, 1.165) is 19.3 Å². The van der Waals surface area contributed by atoms with Crippen molar-refractivity contribution in [1.29, 1.82) is 0 Å². The van der Waals surface area contributed by atoms with Crippen LogP contribution in [0.2, 0.25) is 0 Å². The second-order valence-corrected chi connectivity index (χ2v) is 6.03. The molecule has 1 aromatic heterocycles. The zero-order valence-electron chi connectivity index (χ0n) is 10.8. The van der Waals surface area contributed by atoms with Crippen molar-refractivity contribution in [2.75, 3.05) is 0 Å². The van der Waals surface area contributed by atoms with Crippen LogP contribution >= 0.6 is 15.9 Å². The first kappa shape index (κ1) is 11.9. The van der Waals surface area contributed by atoms with Crippen LogP contribution in [0.3, 0.4) is 0 Å². The lowest BCUT2D eigenvalue weighted by atomic mass is 10.0. The Bertz CT molecular complexity index is 617. The van der Waals surface area contributed by atoms with Crippen molar-refractivity contribution in [2.45, 2.75) is 33.1 Å². The summed E-state index contributed by atoms with van der Waals surface area (Å²) in [4.78, 5) is 4.62. The first-order chi connectivity index (χ1) is 8.63. The lowest BCUT2D eigenvalue weighted by molar-refractivity contribution is 0.945.